The standard InChI is InChI=1S/C34H40FNO2/c1-4-15-34(22(2)37)16-14-30-28-20-31(35)27-19-25(38)12-13-26(27)32(28)29(21-33(30,34)3)23-8-10-24(11-9-23)36-17-6-5-7-18-36/h8-11,19,28-31H,5-7,12-14,16-18,20-21H2,1-3H3/t28-,29+,30-,31?,33-,34+/m0/s1. The molecule has 0 radical (unpaired) electrons. The number of rotatable bonds is 3. The predicted molar refractivity (Wildman–Crippen MR) is 150 cm³/mol. The van der Waals surface area contributed by atoms with Crippen molar-refractivity contribution < 1.29 is 14.0 Å². The Morgan fingerprint density at radius 1 is 1.11 bits per heavy atom. The molecule has 1 aromatic carbocycles. The van der Waals surface area contributed by atoms with Crippen LogP contribution in [-0.2, 0) is 9.59 Å². The van der Waals surface area contributed by atoms with Crippen LogP contribution < -0.4 is 4.90 Å². The highest BCUT2D eigenvalue weighted by Gasteiger charge is 2.65. The van der Waals surface area contributed by atoms with E-state index in [-0.39, 0.29) is 34.7 Å². The first kappa shape index (κ1) is 25.6. The number of nitrogens with zero attached hydrogens (tertiary/aromatic N) is 1. The Morgan fingerprint density at radius 2 is 1.84 bits per heavy atom. The molecule has 2 saturated carbocycles. The second-order valence-electron chi connectivity index (χ2n) is 12.6. The molecule has 1 heterocycles. The summed E-state index contributed by atoms with van der Waals surface area (Å²) in [5, 5.41) is 0. The van der Waals surface area contributed by atoms with E-state index in [0.717, 1.165) is 37.9 Å². The van der Waals surface area contributed by atoms with Crippen LogP contribution >= 0.6 is 0 Å². The summed E-state index contributed by atoms with van der Waals surface area (Å²) in [6.45, 7) is 8.03. The minimum atomic E-state index is -1.11. The van der Waals surface area contributed by atoms with E-state index in [1.54, 1.807) is 13.0 Å². The van der Waals surface area contributed by atoms with Crippen molar-refractivity contribution in [3.63, 3.8) is 0 Å². The molecule has 0 aromatic heterocycles. The van der Waals surface area contributed by atoms with Gasteiger partial charge in [0.2, 0.25) is 0 Å². The monoisotopic (exact) mass is 513 g/mol. The lowest BCUT2D eigenvalue weighted by atomic mass is 9.48. The molecule has 5 aliphatic rings. The number of anilines is 1. The predicted octanol–water partition coefficient (Wildman–Crippen LogP) is 7.12. The Kier molecular flexibility index (Phi) is 6.41. The molecule has 0 amide bonds. The molecule has 3 fully saturated rings. The third-order valence-electron chi connectivity index (χ3n) is 10.9. The second kappa shape index (κ2) is 9.51. The van der Waals surface area contributed by atoms with Crippen LogP contribution in [0, 0.1) is 34.5 Å². The van der Waals surface area contributed by atoms with Gasteiger partial charge < -0.3 is 4.90 Å². The van der Waals surface area contributed by atoms with Crippen molar-refractivity contribution in [1.29, 1.82) is 0 Å². The topological polar surface area (TPSA) is 37.4 Å². The maximum absolute atomic E-state index is 15.8. The van der Waals surface area contributed by atoms with Gasteiger partial charge in [0.1, 0.15) is 12.0 Å². The maximum Gasteiger partial charge on any atom is 0.156 e. The minimum Gasteiger partial charge on any atom is -0.372 e. The molecule has 3 nitrogen and oxygen atoms in total. The van der Waals surface area contributed by atoms with Gasteiger partial charge in [-0.2, -0.15) is 0 Å². The molecule has 1 unspecified atom stereocenters. The van der Waals surface area contributed by atoms with E-state index in [0.29, 0.717) is 24.8 Å². The van der Waals surface area contributed by atoms with Gasteiger partial charge in [-0.05, 0) is 117 Å². The molecular weight excluding hydrogens is 473 g/mol. The van der Waals surface area contributed by atoms with Crippen molar-refractivity contribution in [2.45, 2.75) is 90.6 Å². The number of hydrogen-bond acceptors (Lipinski definition) is 3. The zero-order valence-corrected chi connectivity index (χ0v) is 23.1. The molecule has 1 saturated heterocycles. The zero-order chi connectivity index (χ0) is 26.7. The Hall–Kier alpha value is -2.67. The summed E-state index contributed by atoms with van der Waals surface area (Å²) in [7, 11) is 0. The molecule has 0 spiro atoms. The van der Waals surface area contributed by atoms with Crippen molar-refractivity contribution in [2.24, 2.45) is 22.7 Å². The molecule has 1 aliphatic heterocycles. The number of ketones is 2. The van der Waals surface area contributed by atoms with Gasteiger partial charge in [0.15, 0.2) is 5.78 Å². The molecule has 4 heteroatoms. The van der Waals surface area contributed by atoms with Gasteiger partial charge in [0.05, 0.1) is 5.41 Å². The summed E-state index contributed by atoms with van der Waals surface area (Å²) >= 11 is 0. The van der Waals surface area contributed by atoms with Gasteiger partial charge in [-0.15, -0.1) is 5.92 Å². The van der Waals surface area contributed by atoms with Crippen molar-refractivity contribution in [1.82, 2.24) is 0 Å². The number of halogens is 1. The third-order valence-corrected chi connectivity index (χ3v) is 10.9. The van der Waals surface area contributed by atoms with E-state index in [2.05, 4.69) is 47.9 Å². The summed E-state index contributed by atoms with van der Waals surface area (Å²) in [4.78, 5) is 28.1. The highest BCUT2D eigenvalue weighted by Crippen LogP contribution is 2.69. The Balaban J connectivity index is 1.49. The average Bonchev–Trinajstić information content (AvgIpc) is 3.22. The van der Waals surface area contributed by atoms with E-state index in [9.17, 15) is 9.59 Å². The molecule has 6 atom stereocenters. The van der Waals surface area contributed by atoms with Crippen LogP contribution in [0.15, 0.2) is 47.1 Å². The van der Waals surface area contributed by atoms with Crippen LogP contribution in [0.1, 0.15) is 90.0 Å². The Bertz CT molecular complexity index is 1270. The lowest BCUT2D eigenvalue weighted by Gasteiger charge is -2.55. The lowest BCUT2D eigenvalue weighted by Crippen LogP contribution is -2.51. The SMILES string of the molecule is CC#C[C@]1(C(C)=O)CC[C@H]2[C@@H]3CC(F)C4=CC(=O)CCC4=C3[C@@H](c3ccc(N4CCCCC4)cc3)C[C@@]21C. The first-order valence-corrected chi connectivity index (χ1v) is 14.7. The van der Waals surface area contributed by atoms with Crippen molar-refractivity contribution in [2.75, 3.05) is 18.0 Å². The molecular formula is C34H40FNO2. The van der Waals surface area contributed by atoms with Crippen LogP contribution in [-0.4, -0.2) is 30.8 Å². The molecule has 200 valence electrons. The minimum absolute atomic E-state index is 0.0446. The number of Topliss-reactive ketones (excluding diaryl/α,β-unsaturated/α-hetero) is 1. The quantitative estimate of drug-likeness (QED) is 0.404. The largest absolute Gasteiger partial charge is 0.372 e. The summed E-state index contributed by atoms with van der Waals surface area (Å²) in [5.74, 6) is 7.13. The number of hydrogen-bond donors (Lipinski definition) is 0. The highest BCUT2D eigenvalue weighted by atomic mass is 19.1. The normalized spacial score (nSPS) is 36.5. The zero-order valence-electron chi connectivity index (χ0n) is 23.1. The summed E-state index contributed by atoms with van der Waals surface area (Å²) in [6.07, 6.45) is 8.26. The first-order valence-electron chi connectivity index (χ1n) is 14.7. The van der Waals surface area contributed by atoms with Crippen LogP contribution in [0.2, 0.25) is 0 Å². The number of alkyl halides is 1. The molecule has 0 bridgehead atoms. The summed E-state index contributed by atoms with van der Waals surface area (Å²) in [5.41, 5.74) is 4.61. The van der Waals surface area contributed by atoms with Crippen LogP contribution in [0.4, 0.5) is 10.1 Å². The number of benzene rings is 1. The summed E-state index contributed by atoms with van der Waals surface area (Å²) < 4.78 is 15.8. The average molecular weight is 514 g/mol. The fourth-order valence-electron chi connectivity index (χ4n) is 9.12. The molecule has 1 aromatic rings. The van der Waals surface area contributed by atoms with E-state index in [4.69, 9.17) is 0 Å². The van der Waals surface area contributed by atoms with Crippen LogP contribution in [0.3, 0.4) is 0 Å². The number of carbonyl (C=O) groups excluding carboxylic acids is 2. The fraction of sp³-hybridized carbons (Fsp3) is 0.588. The lowest BCUT2D eigenvalue weighted by molar-refractivity contribution is -0.130. The van der Waals surface area contributed by atoms with Gasteiger partial charge in [-0.25, -0.2) is 4.39 Å². The molecule has 0 N–H and O–H groups in total. The van der Waals surface area contributed by atoms with Crippen LogP contribution in [0.5, 0.6) is 0 Å². The van der Waals surface area contributed by atoms with E-state index >= 15 is 4.39 Å². The van der Waals surface area contributed by atoms with Crippen molar-refractivity contribution in [3.05, 3.63) is 52.6 Å². The number of allylic oxidation sites excluding steroid dienone is 4. The smallest absolute Gasteiger partial charge is 0.156 e. The van der Waals surface area contributed by atoms with Gasteiger partial charge in [-0.3, -0.25) is 9.59 Å². The van der Waals surface area contributed by atoms with Gasteiger partial charge >= 0.3 is 0 Å². The van der Waals surface area contributed by atoms with E-state index in [1.807, 2.05) is 6.92 Å². The van der Waals surface area contributed by atoms with Crippen molar-refractivity contribution >= 4 is 17.3 Å². The number of piperidine rings is 1. The summed E-state index contributed by atoms with van der Waals surface area (Å²) in [6, 6.07) is 9.07. The molecule has 38 heavy (non-hydrogen) atoms. The molecule has 4 aliphatic carbocycles. The van der Waals surface area contributed by atoms with Gasteiger partial charge in [-0.1, -0.05) is 30.6 Å². The fourth-order valence-corrected chi connectivity index (χ4v) is 9.12. The Morgan fingerprint density at radius 3 is 2.53 bits per heavy atom. The van der Waals surface area contributed by atoms with E-state index < -0.39 is 11.6 Å². The number of fused-ring (bicyclic) bond motifs is 4. The van der Waals surface area contributed by atoms with Gasteiger partial charge in [0.25, 0.3) is 0 Å². The van der Waals surface area contributed by atoms with Gasteiger partial charge in [0, 0.05) is 31.1 Å². The maximum atomic E-state index is 15.8. The van der Waals surface area contributed by atoms with Crippen molar-refractivity contribution in [3.8, 4) is 11.8 Å². The second-order valence-corrected chi connectivity index (χ2v) is 12.6. The molecule has 6 rings (SSSR count). The van der Waals surface area contributed by atoms with Crippen LogP contribution in [0.25, 0.3) is 0 Å². The Labute approximate surface area is 226 Å². The first-order chi connectivity index (χ1) is 18.3. The third kappa shape index (κ3) is 3.75. The van der Waals surface area contributed by atoms with E-state index in [1.165, 1.54) is 36.1 Å². The highest BCUT2D eigenvalue weighted by molar-refractivity contribution is 5.93. The number of carbonyl (C=O) groups is 2.